The van der Waals surface area contributed by atoms with Crippen molar-refractivity contribution in [3.63, 3.8) is 0 Å². The number of carbonyl (C=O) groups excluding carboxylic acids is 4. The molecule has 212 valence electrons. The van der Waals surface area contributed by atoms with Crippen LogP contribution in [0, 0.1) is 0 Å². The van der Waals surface area contributed by atoms with Crippen LogP contribution in [0.2, 0.25) is 0 Å². The van der Waals surface area contributed by atoms with E-state index in [2.05, 4.69) is 25.8 Å². The lowest BCUT2D eigenvalue weighted by Gasteiger charge is -2.34. The minimum atomic E-state index is -0.621. The maximum Gasteiger partial charge on any atom is 0.269 e. The smallest absolute Gasteiger partial charge is 0.269 e. The molecule has 3 aromatic carbocycles. The molecule has 9 nitrogen and oxygen atoms in total. The minimum Gasteiger partial charge on any atom is -0.493 e. The number of hydrogen-bond acceptors (Lipinski definition) is 7. The van der Waals surface area contributed by atoms with E-state index in [1.54, 1.807) is 38.1 Å². The number of hydrogen-bond donors (Lipinski definition) is 0. The number of nitrogens with zero attached hydrogens (tertiary/aromatic N) is 3. The Balaban J connectivity index is 1.64. The van der Waals surface area contributed by atoms with E-state index in [0.717, 1.165) is 15.4 Å². The fourth-order valence-corrected chi connectivity index (χ4v) is 5.61. The van der Waals surface area contributed by atoms with Crippen LogP contribution in [0.5, 0.6) is 11.5 Å². The lowest BCUT2D eigenvalue weighted by molar-refractivity contribution is 0.0869. The molecular formula is C33H29N3O6. The maximum absolute atomic E-state index is 14.2. The second-order valence-corrected chi connectivity index (χ2v) is 11.1. The standard InChI is InChI=1S/C33H29N3O6/c1-6-41-23-17-22-26-25-21(29(37)35(31(39)27(23)25)19-10-8-18(9-11-19)33(3,4)5)16-24(42-7-2)28(26)32(40)36(30(22)38)20-12-14-34-15-13-20/h8-17H,6-7H2,1-5H3. The van der Waals surface area contributed by atoms with Crippen molar-refractivity contribution < 1.29 is 28.7 Å². The summed E-state index contributed by atoms with van der Waals surface area (Å²) >= 11 is 0. The summed E-state index contributed by atoms with van der Waals surface area (Å²) in [6.07, 6.45) is 2.97. The lowest BCUT2D eigenvalue weighted by atomic mass is 9.84. The Morgan fingerprint density at radius 1 is 0.643 bits per heavy atom. The van der Waals surface area contributed by atoms with Crippen LogP contribution in [0.1, 0.15) is 81.6 Å². The molecular weight excluding hydrogens is 534 g/mol. The fraction of sp³-hybridized carbons (Fsp3) is 0.242. The zero-order valence-corrected chi connectivity index (χ0v) is 24.0. The number of carbonyl (C=O) groups is 4. The summed E-state index contributed by atoms with van der Waals surface area (Å²) in [5, 5.41) is 0.419. The Morgan fingerprint density at radius 2 is 1.07 bits per heavy atom. The van der Waals surface area contributed by atoms with Crippen LogP contribution in [0.4, 0.5) is 11.4 Å². The molecule has 9 heteroatoms. The molecule has 0 spiro atoms. The second kappa shape index (κ2) is 9.80. The van der Waals surface area contributed by atoms with Crippen molar-refractivity contribution in [2.24, 2.45) is 0 Å². The van der Waals surface area contributed by atoms with Gasteiger partial charge in [0.25, 0.3) is 23.6 Å². The molecule has 6 rings (SSSR count). The van der Waals surface area contributed by atoms with E-state index in [1.165, 1.54) is 24.5 Å². The van der Waals surface area contributed by atoms with E-state index in [-0.39, 0.29) is 63.2 Å². The Bertz CT molecular complexity index is 1810. The van der Waals surface area contributed by atoms with Gasteiger partial charge in [0.05, 0.1) is 46.8 Å². The molecule has 0 atom stereocenters. The van der Waals surface area contributed by atoms with Crippen molar-refractivity contribution >= 4 is 45.8 Å². The van der Waals surface area contributed by atoms with E-state index in [4.69, 9.17) is 9.47 Å². The lowest BCUT2D eigenvalue weighted by Crippen LogP contribution is -2.44. The van der Waals surface area contributed by atoms with Gasteiger partial charge in [0.2, 0.25) is 0 Å². The number of rotatable bonds is 6. The Kier molecular flexibility index (Phi) is 6.33. The summed E-state index contributed by atoms with van der Waals surface area (Å²) in [6, 6.07) is 13.4. The molecule has 1 aromatic heterocycles. The summed E-state index contributed by atoms with van der Waals surface area (Å²) in [5.74, 6) is -2.10. The molecule has 4 aromatic rings. The summed E-state index contributed by atoms with van der Waals surface area (Å²) in [7, 11) is 0. The highest BCUT2D eigenvalue weighted by Crippen LogP contribution is 2.47. The number of benzene rings is 3. The topological polar surface area (TPSA) is 106 Å². The molecule has 0 unspecified atom stereocenters. The maximum atomic E-state index is 14.2. The highest BCUT2D eigenvalue weighted by atomic mass is 16.5. The third-order valence-electron chi connectivity index (χ3n) is 7.55. The molecule has 0 bridgehead atoms. The molecule has 2 aliphatic heterocycles. The molecule has 2 aliphatic rings. The average Bonchev–Trinajstić information content (AvgIpc) is 2.96. The first kappa shape index (κ1) is 27.1. The number of anilines is 2. The average molecular weight is 564 g/mol. The van der Waals surface area contributed by atoms with Crippen molar-refractivity contribution in [2.45, 2.75) is 40.0 Å². The molecule has 0 N–H and O–H groups in total. The normalized spacial score (nSPS) is 14.6. The van der Waals surface area contributed by atoms with Gasteiger partial charge in [-0.2, -0.15) is 0 Å². The van der Waals surface area contributed by atoms with Gasteiger partial charge in [-0.15, -0.1) is 0 Å². The summed E-state index contributed by atoms with van der Waals surface area (Å²) in [4.78, 5) is 62.4. The Hall–Kier alpha value is -5.05. The number of aromatic nitrogens is 1. The van der Waals surface area contributed by atoms with Crippen LogP contribution in [0.3, 0.4) is 0 Å². The van der Waals surface area contributed by atoms with E-state index in [0.29, 0.717) is 11.4 Å². The highest BCUT2D eigenvalue weighted by molar-refractivity contribution is 6.43. The quantitative estimate of drug-likeness (QED) is 0.268. The molecule has 0 fully saturated rings. The van der Waals surface area contributed by atoms with Crippen LogP contribution in [0.15, 0.2) is 60.9 Å². The van der Waals surface area contributed by atoms with Crippen LogP contribution in [-0.4, -0.2) is 41.8 Å². The van der Waals surface area contributed by atoms with Crippen LogP contribution < -0.4 is 19.3 Å². The Morgan fingerprint density at radius 3 is 1.48 bits per heavy atom. The van der Waals surface area contributed by atoms with Gasteiger partial charge in [-0.1, -0.05) is 32.9 Å². The molecule has 3 heterocycles. The molecule has 0 saturated carbocycles. The molecule has 4 amide bonds. The first-order valence-corrected chi connectivity index (χ1v) is 13.8. The number of ether oxygens (including phenoxy) is 2. The van der Waals surface area contributed by atoms with Gasteiger partial charge in [0.1, 0.15) is 11.5 Å². The van der Waals surface area contributed by atoms with Gasteiger partial charge in [-0.3, -0.25) is 24.2 Å². The summed E-state index contributed by atoms with van der Waals surface area (Å²) in [5.41, 5.74) is 2.16. The predicted molar refractivity (Wildman–Crippen MR) is 158 cm³/mol. The van der Waals surface area contributed by atoms with E-state index < -0.39 is 23.6 Å². The van der Waals surface area contributed by atoms with Crippen LogP contribution in [-0.2, 0) is 5.41 Å². The largest absolute Gasteiger partial charge is 0.493 e. The van der Waals surface area contributed by atoms with Crippen molar-refractivity contribution in [3.8, 4) is 11.5 Å². The fourth-order valence-electron chi connectivity index (χ4n) is 5.61. The third-order valence-corrected chi connectivity index (χ3v) is 7.55. The predicted octanol–water partition coefficient (Wildman–Crippen LogP) is 5.93. The zero-order chi connectivity index (χ0) is 29.9. The van der Waals surface area contributed by atoms with Crippen LogP contribution in [0.25, 0.3) is 10.8 Å². The van der Waals surface area contributed by atoms with Gasteiger partial charge in [-0.25, -0.2) is 9.80 Å². The summed E-state index contributed by atoms with van der Waals surface area (Å²) < 4.78 is 11.8. The van der Waals surface area contributed by atoms with Gasteiger partial charge in [0, 0.05) is 23.2 Å². The van der Waals surface area contributed by atoms with Gasteiger partial charge >= 0.3 is 0 Å². The first-order chi connectivity index (χ1) is 20.1. The van der Waals surface area contributed by atoms with Crippen molar-refractivity contribution in [1.82, 2.24) is 4.98 Å². The van der Waals surface area contributed by atoms with E-state index >= 15 is 0 Å². The van der Waals surface area contributed by atoms with Gasteiger partial charge < -0.3 is 9.47 Å². The summed E-state index contributed by atoms with van der Waals surface area (Å²) in [6.45, 7) is 10.2. The number of amides is 4. The van der Waals surface area contributed by atoms with Crippen molar-refractivity contribution in [3.05, 3.63) is 88.7 Å². The molecule has 42 heavy (non-hydrogen) atoms. The van der Waals surface area contributed by atoms with Crippen molar-refractivity contribution in [1.29, 1.82) is 0 Å². The number of pyridine rings is 1. The van der Waals surface area contributed by atoms with E-state index in [1.807, 2.05) is 12.1 Å². The third kappa shape index (κ3) is 3.95. The molecule has 0 saturated heterocycles. The number of imide groups is 2. The first-order valence-electron chi connectivity index (χ1n) is 13.8. The van der Waals surface area contributed by atoms with Crippen LogP contribution >= 0.6 is 0 Å². The van der Waals surface area contributed by atoms with Crippen molar-refractivity contribution in [2.75, 3.05) is 23.0 Å². The minimum absolute atomic E-state index is 0.106. The monoisotopic (exact) mass is 563 g/mol. The second-order valence-electron chi connectivity index (χ2n) is 11.1. The Labute approximate surface area is 242 Å². The highest BCUT2D eigenvalue weighted by Gasteiger charge is 2.44. The molecule has 0 radical (unpaired) electrons. The van der Waals surface area contributed by atoms with Gasteiger partial charge in [0.15, 0.2) is 0 Å². The van der Waals surface area contributed by atoms with E-state index in [9.17, 15) is 19.2 Å². The van der Waals surface area contributed by atoms with Gasteiger partial charge in [-0.05, 0) is 61.2 Å². The SMILES string of the molecule is CCOc1cc2c3c(c(OCC)cc4c3c1C(=O)N(c1ccncc1)C4=O)C(=O)N(c1ccc(C(C)(C)C)cc1)C2=O. The zero-order valence-electron chi connectivity index (χ0n) is 24.0. The molecule has 0 aliphatic carbocycles.